The van der Waals surface area contributed by atoms with Crippen LogP contribution in [-0.2, 0) is 0 Å². The predicted molar refractivity (Wildman–Crippen MR) is 105 cm³/mol. The van der Waals surface area contributed by atoms with Gasteiger partial charge in [-0.15, -0.1) is 26.6 Å². The molecule has 6 nitrogen and oxygen atoms in total. The van der Waals surface area contributed by atoms with Crippen LogP contribution in [0.1, 0.15) is 42.6 Å². The van der Waals surface area contributed by atoms with E-state index in [1.807, 2.05) is 47.3 Å². The molecule has 0 aliphatic heterocycles. The zero-order chi connectivity index (χ0) is 18.2. The Morgan fingerprint density at radius 3 is 2.74 bits per heavy atom. The van der Waals surface area contributed by atoms with Crippen molar-refractivity contribution >= 4 is 23.1 Å². The highest BCUT2D eigenvalue weighted by molar-refractivity contribution is 7.99. The van der Waals surface area contributed by atoms with E-state index in [0.717, 1.165) is 21.5 Å². The average Bonchev–Trinajstić information content (AvgIpc) is 3.11. The van der Waals surface area contributed by atoms with Crippen molar-refractivity contribution in [3.8, 4) is 16.5 Å². The normalized spacial score (nSPS) is 15.1. The number of para-hydroxylation sites is 1. The van der Waals surface area contributed by atoms with Gasteiger partial charge in [-0.3, -0.25) is 0 Å². The summed E-state index contributed by atoms with van der Waals surface area (Å²) in [5.41, 5.74) is 1.05. The van der Waals surface area contributed by atoms with Gasteiger partial charge in [0.1, 0.15) is 5.82 Å². The molecule has 1 aromatic carbocycles. The van der Waals surface area contributed by atoms with E-state index in [2.05, 4.69) is 22.3 Å². The molecule has 8 heteroatoms. The Bertz CT molecular complexity index is 1040. The summed E-state index contributed by atoms with van der Waals surface area (Å²) >= 11 is 3.13. The van der Waals surface area contributed by atoms with Crippen molar-refractivity contribution in [3.05, 3.63) is 59.6 Å². The minimum absolute atomic E-state index is 0.0233. The van der Waals surface area contributed by atoms with Crippen molar-refractivity contribution in [3.63, 3.8) is 0 Å². The maximum Gasteiger partial charge on any atom is 0.257 e. The molecular formula is C19H17N5OS2. The third-order valence-corrected chi connectivity index (χ3v) is 6.16. The monoisotopic (exact) mass is 395 g/mol. The minimum atomic E-state index is -0.0233. The van der Waals surface area contributed by atoms with Crippen LogP contribution < -0.4 is 0 Å². The molecule has 1 aliphatic rings. The van der Waals surface area contributed by atoms with Crippen molar-refractivity contribution in [1.29, 1.82) is 0 Å². The lowest BCUT2D eigenvalue weighted by atomic mass is 10.3. The standard InChI is InChI=1S/C19H17N5OS2/c1-12(17-21-22-18(25-17)15-8-5-11-26-15)27-19-20-16(13-9-10-13)24(23-19)14-6-3-2-4-7-14/h2-8,11-13H,9-10H2,1H3/t12-/m1/s1. The number of benzene rings is 1. The van der Waals surface area contributed by atoms with Crippen LogP contribution in [0.4, 0.5) is 0 Å². The first-order chi connectivity index (χ1) is 13.3. The summed E-state index contributed by atoms with van der Waals surface area (Å²) < 4.78 is 7.82. The molecule has 0 radical (unpaired) electrons. The van der Waals surface area contributed by atoms with Gasteiger partial charge in [0.2, 0.25) is 11.0 Å². The highest BCUT2D eigenvalue weighted by atomic mass is 32.2. The lowest BCUT2D eigenvalue weighted by Gasteiger charge is -2.04. The van der Waals surface area contributed by atoms with Crippen LogP contribution in [0.15, 0.2) is 57.4 Å². The molecule has 0 bridgehead atoms. The van der Waals surface area contributed by atoms with Crippen LogP contribution in [0.25, 0.3) is 16.5 Å². The van der Waals surface area contributed by atoms with Gasteiger partial charge in [-0.05, 0) is 43.3 Å². The number of aromatic nitrogens is 5. The van der Waals surface area contributed by atoms with E-state index in [1.54, 1.807) is 23.1 Å². The van der Waals surface area contributed by atoms with E-state index >= 15 is 0 Å². The molecular weight excluding hydrogens is 378 g/mol. The van der Waals surface area contributed by atoms with Gasteiger partial charge in [-0.25, -0.2) is 9.67 Å². The van der Waals surface area contributed by atoms with Crippen molar-refractivity contribution in [2.24, 2.45) is 0 Å². The summed E-state index contributed by atoms with van der Waals surface area (Å²) in [7, 11) is 0. The second-order valence-corrected chi connectivity index (χ2v) is 8.71. The van der Waals surface area contributed by atoms with Gasteiger partial charge in [0.25, 0.3) is 5.89 Å². The van der Waals surface area contributed by atoms with Crippen LogP contribution in [0, 0.1) is 0 Å². The van der Waals surface area contributed by atoms with Gasteiger partial charge in [0.15, 0.2) is 0 Å². The molecule has 27 heavy (non-hydrogen) atoms. The number of rotatable bonds is 6. The maximum atomic E-state index is 5.85. The first kappa shape index (κ1) is 16.7. The molecule has 3 heterocycles. The van der Waals surface area contributed by atoms with E-state index in [0.29, 0.717) is 17.7 Å². The molecule has 0 spiro atoms. The van der Waals surface area contributed by atoms with Crippen LogP contribution in [-0.4, -0.2) is 25.0 Å². The van der Waals surface area contributed by atoms with E-state index in [1.165, 1.54) is 12.8 Å². The number of thioether (sulfide) groups is 1. The van der Waals surface area contributed by atoms with Crippen molar-refractivity contribution in [1.82, 2.24) is 25.0 Å². The molecule has 136 valence electrons. The lowest BCUT2D eigenvalue weighted by molar-refractivity contribution is 0.510. The van der Waals surface area contributed by atoms with E-state index in [4.69, 9.17) is 14.5 Å². The van der Waals surface area contributed by atoms with Crippen molar-refractivity contribution in [2.75, 3.05) is 0 Å². The zero-order valence-corrected chi connectivity index (χ0v) is 16.3. The topological polar surface area (TPSA) is 69.6 Å². The van der Waals surface area contributed by atoms with Crippen LogP contribution in [0.5, 0.6) is 0 Å². The van der Waals surface area contributed by atoms with Crippen molar-refractivity contribution in [2.45, 2.75) is 36.1 Å². The summed E-state index contributed by atoms with van der Waals surface area (Å²) in [6.07, 6.45) is 2.36. The molecule has 1 saturated carbocycles. The van der Waals surface area contributed by atoms with E-state index < -0.39 is 0 Å². The summed E-state index contributed by atoms with van der Waals surface area (Å²) in [4.78, 5) is 5.78. The molecule has 0 saturated heterocycles. The number of thiophene rings is 1. The smallest absolute Gasteiger partial charge is 0.257 e. The fourth-order valence-electron chi connectivity index (χ4n) is 2.83. The average molecular weight is 396 g/mol. The molecule has 0 N–H and O–H groups in total. The summed E-state index contributed by atoms with van der Waals surface area (Å²) in [6.45, 7) is 2.04. The summed E-state index contributed by atoms with van der Waals surface area (Å²) in [5, 5.41) is 15.8. The lowest BCUT2D eigenvalue weighted by Crippen LogP contribution is -2.01. The molecule has 3 aromatic heterocycles. The van der Waals surface area contributed by atoms with Crippen LogP contribution in [0.3, 0.4) is 0 Å². The fourth-order valence-corrected chi connectivity index (χ4v) is 4.26. The van der Waals surface area contributed by atoms with Crippen LogP contribution in [0.2, 0.25) is 0 Å². The second-order valence-electron chi connectivity index (χ2n) is 6.46. The Labute approximate surface area is 164 Å². The third kappa shape index (κ3) is 3.42. The Hall–Kier alpha value is -2.45. The highest BCUT2D eigenvalue weighted by Gasteiger charge is 2.31. The molecule has 1 atom stereocenters. The number of hydrogen-bond donors (Lipinski definition) is 0. The van der Waals surface area contributed by atoms with Gasteiger partial charge in [-0.1, -0.05) is 36.0 Å². The summed E-state index contributed by atoms with van der Waals surface area (Å²) in [6, 6.07) is 14.1. The SMILES string of the molecule is C[C@@H](Sc1nc(C2CC2)n(-c2ccccc2)n1)c1nnc(-c2cccs2)o1. The van der Waals surface area contributed by atoms with Crippen molar-refractivity contribution < 1.29 is 4.42 Å². The van der Waals surface area contributed by atoms with E-state index in [-0.39, 0.29) is 5.25 Å². The van der Waals surface area contributed by atoms with Crippen LogP contribution >= 0.6 is 23.1 Å². The molecule has 1 aliphatic carbocycles. The molecule has 4 aromatic rings. The first-order valence-corrected chi connectivity index (χ1v) is 10.6. The molecule has 5 rings (SSSR count). The molecule has 0 unspecified atom stereocenters. The Morgan fingerprint density at radius 1 is 1.15 bits per heavy atom. The van der Waals surface area contributed by atoms with Gasteiger partial charge in [-0.2, -0.15) is 0 Å². The largest absolute Gasteiger partial charge is 0.419 e. The molecule has 1 fully saturated rings. The quantitative estimate of drug-likeness (QED) is 0.423. The first-order valence-electron chi connectivity index (χ1n) is 8.84. The number of hydrogen-bond acceptors (Lipinski definition) is 7. The second kappa shape index (κ2) is 6.94. The Morgan fingerprint density at radius 2 is 2.00 bits per heavy atom. The van der Waals surface area contributed by atoms with Gasteiger partial charge < -0.3 is 4.42 Å². The highest BCUT2D eigenvalue weighted by Crippen LogP contribution is 2.42. The van der Waals surface area contributed by atoms with Gasteiger partial charge in [0, 0.05) is 5.92 Å². The maximum absolute atomic E-state index is 5.85. The van der Waals surface area contributed by atoms with Gasteiger partial charge in [0.05, 0.1) is 15.8 Å². The molecule has 0 amide bonds. The minimum Gasteiger partial charge on any atom is -0.419 e. The van der Waals surface area contributed by atoms with E-state index in [9.17, 15) is 0 Å². The Kier molecular flexibility index (Phi) is 4.29. The van der Waals surface area contributed by atoms with Gasteiger partial charge >= 0.3 is 0 Å². The predicted octanol–water partition coefficient (Wildman–Crippen LogP) is 5.11. The number of nitrogens with zero attached hydrogens (tertiary/aromatic N) is 5. The summed E-state index contributed by atoms with van der Waals surface area (Å²) in [5.74, 6) is 2.71. The zero-order valence-electron chi connectivity index (χ0n) is 14.6. The fraction of sp³-hybridized carbons (Fsp3) is 0.263. The third-order valence-electron chi connectivity index (χ3n) is 4.36. The Balaban J connectivity index is 1.39.